The fourth-order valence-corrected chi connectivity index (χ4v) is 5.40. The molecular formula is C21H21ClN4O2S2. The highest BCUT2D eigenvalue weighted by molar-refractivity contribution is 7.18. The zero-order valence-corrected chi connectivity index (χ0v) is 19.0. The zero-order valence-electron chi connectivity index (χ0n) is 16.6. The van der Waals surface area contributed by atoms with Crippen molar-refractivity contribution in [2.24, 2.45) is 0 Å². The number of benzene rings is 1. The summed E-state index contributed by atoms with van der Waals surface area (Å²) in [5.74, 6) is -0.426. The quantitative estimate of drug-likeness (QED) is 0.584. The summed E-state index contributed by atoms with van der Waals surface area (Å²) in [6.07, 6.45) is 0.863. The van der Waals surface area contributed by atoms with Crippen molar-refractivity contribution in [3.8, 4) is 0 Å². The van der Waals surface area contributed by atoms with Gasteiger partial charge in [0, 0.05) is 30.1 Å². The van der Waals surface area contributed by atoms with Crippen LogP contribution in [0.2, 0.25) is 4.34 Å². The van der Waals surface area contributed by atoms with E-state index in [4.69, 9.17) is 11.6 Å². The molecule has 30 heavy (non-hydrogen) atoms. The summed E-state index contributed by atoms with van der Waals surface area (Å²) in [4.78, 5) is 33.8. The smallest absolute Gasteiger partial charge is 0.284 e. The number of para-hydroxylation sites is 1. The molecule has 6 nitrogen and oxygen atoms in total. The number of rotatable bonds is 5. The lowest BCUT2D eigenvalue weighted by Crippen LogP contribution is -2.27. The lowest BCUT2D eigenvalue weighted by molar-refractivity contribution is 0.0944. The number of anilines is 1. The van der Waals surface area contributed by atoms with Crippen LogP contribution in [-0.2, 0) is 13.0 Å². The molecule has 1 aliphatic heterocycles. The predicted octanol–water partition coefficient (Wildman–Crippen LogP) is 4.59. The van der Waals surface area contributed by atoms with Crippen molar-refractivity contribution in [3.05, 3.63) is 66.8 Å². The summed E-state index contributed by atoms with van der Waals surface area (Å²) < 4.78 is 0.567. The lowest BCUT2D eigenvalue weighted by atomic mass is 10.1. The number of likely N-dealkylation sites (N-methyl/N-ethyl adjacent to an activating group) is 1. The molecule has 0 saturated carbocycles. The van der Waals surface area contributed by atoms with E-state index in [1.807, 2.05) is 31.2 Å². The first-order chi connectivity index (χ1) is 14.4. The number of carbonyl (C=O) groups excluding carboxylic acids is 2. The third kappa shape index (κ3) is 4.57. The second-order valence-electron chi connectivity index (χ2n) is 7.22. The molecule has 0 saturated heterocycles. The molecular weight excluding hydrogens is 440 g/mol. The van der Waals surface area contributed by atoms with Crippen LogP contribution in [0.3, 0.4) is 0 Å². The molecule has 2 N–H and O–H groups in total. The maximum Gasteiger partial charge on any atom is 0.284 e. The highest BCUT2D eigenvalue weighted by Gasteiger charge is 2.22. The maximum absolute atomic E-state index is 12.9. The summed E-state index contributed by atoms with van der Waals surface area (Å²) in [6.45, 7) is 3.66. The van der Waals surface area contributed by atoms with Gasteiger partial charge in [0.2, 0.25) is 0 Å². The first kappa shape index (κ1) is 21.0. The Morgan fingerprint density at radius 1 is 1.17 bits per heavy atom. The molecule has 156 valence electrons. The van der Waals surface area contributed by atoms with Gasteiger partial charge in [-0.1, -0.05) is 29.8 Å². The van der Waals surface area contributed by atoms with Crippen LogP contribution in [0.5, 0.6) is 0 Å². The Morgan fingerprint density at radius 3 is 2.73 bits per heavy atom. The predicted molar refractivity (Wildman–Crippen MR) is 122 cm³/mol. The first-order valence-corrected chi connectivity index (χ1v) is 11.6. The Hall–Kier alpha value is -2.26. The van der Waals surface area contributed by atoms with Crippen molar-refractivity contribution in [3.63, 3.8) is 0 Å². The van der Waals surface area contributed by atoms with E-state index in [0.717, 1.165) is 35.6 Å². The van der Waals surface area contributed by atoms with Gasteiger partial charge in [0.1, 0.15) is 0 Å². The van der Waals surface area contributed by atoms with Gasteiger partial charge < -0.3 is 15.5 Å². The minimum absolute atomic E-state index is 0.197. The van der Waals surface area contributed by atoms with Crippen LogP contribution >= 0.6 is 34.3 Å². The second-order valence-corrected chi connectivity index (χ2v) is 10.0. The summed E-state index contributed by atoms with van der Waals surface area (Å²) in [7, 11) is 2.07. The van der Waals surface area contributed by atoms with E-state index in [9.17, 15) is 9.59 Å². The number of amides is 2. The van der Waals surface area contributed by atoms with Crippen molar-refractivity contribution in [2.45, 2.75) is 25.9 Å². The third-order valence-electron chi connectivity index (χ3n) is 4.94. The van der Waals surface area contributed by atoms with Crippen LogP contribution in [0, 0.1) is 0 Å². The Kier molecular flexibility index (Phi) is 6.19. The number of halogens is 1. The summed E-state index contributed by atoms with van der Waals surface area (Å²) >= 11 is 8.60. The Morgan fingerprint density at radius 2 is 1.97 bits per heavy atom. The zero-order chi connectivity index (χ0) is 21.3. The van der Waals surface area contributed by atoms with Crippen molar-refractivity contribution in [1.82, 2.24) is 15.2 Å². The van der Waals surface area contributed by atoms with Gasteiger partial charge in [0.15, 0.2) is 5.01 Å². The molecule has 0 radical (unpaired) electrons. The Labute approximate surface area is 187 Å². The normalized spacial score (nSPS) is 14.8. The number of thiazole rings is 1. The number of hydrogen-bond donors (Lipinski definition) is 2. The molecule has 3 aromatic rings. The minimum Gasteiger partial charge on any atom is -0.345 e. The summed E-state index contributed by atoms with van der Waals surface area (Å²) in [6, 6.07) is 10.6. The average Bonchev–Trinajstić information content (AvgIpc) is 3.34. The number of nitrogens with one attached hydrogen (secondary N) is 2. The highest BCUT2D eigenvalue weighted by Crippen LogP contribution is 2.28. The Bertz CT molecular complexity index is 1090. The van der Waals surface area contributed by atoms with Gasteiger partial charge in [-0.05, 0) is 37.7 Å². The highest BCUT2D eigenvalue weighted by atomic mass is 35.5. The van der Waals surface area contributed by atoms with Crippen molar-refractivity contribution in [1.29, 1.82) is 0 Å². The average molecular weight is 461 g/mol. The third-order valence-corrected chi connectivity index (χ3v) is 7.25. The first-order valence-electron chi connectivity index (χ1n) is 9.54. The minimum atomic E-state index is -0.298. The van der Waals surface area contributed by atoms with Gasteiger partial charge in [0.05, 0.1) is 20.9 Å². The molecule has 1 atom stereocenters. The molecule has 1 aliphatic rings. The number of aromatic nitrogens is 1. The van der Waals surface area contributed by atoms with E-state index in [1.54, 1.807) is 12.1 Å². The molecule has 1 unspecified atom stereocenters. The van der Waals surface area contributed by atoms with Gasteiger partial charge in [-0.15, -0.1) is 22.7 Å². The fraction of sp³-hybridized carbons (Fsp3) is 0.286. The van der Waals surface area contributed by atoms with E-state index < -0.39 is 0 Å². The van der Waals surface area contributed by atoms with Crippen LogP contribution in [0.25, 0.3) is 0 Å². The summed E-state index contributed by atoms with van der Waals surface area (Å²) in [5.41, 5.74) is 2.50. The second kappa shape index (κ2) is 8.85. The monoisotopic (exact) mass is 460 g/mol. The van der Waals surface area contributed by atoms with Crippen molar-refractivity contribution in [2.75, 3.05) is 18.9 Å². The van der Waals surface area contributed by atoms with Crippen LogP contribution < -0.4 is 10.6 Å². The topological polar surface area (TPSA) is 74.3 Å². The number of fused-ring (bicyclic) bond motifs is 1. The van der Waals surface area contributed by atoms with Crippen molar-refractivity contribution < 1.29 is 9.59 Å². The van der Waals surface area contributed by atoms with Gasteiger partial charge in [0.25, 0.3) is 11.8 Å². The molecule has 9 heteroatoms. The number of thiophene rings is 1. The molecule has 2 amide bonds. The van der Waals surface area contributed by atoms with Crippen LogP contribution in [0.15, 0.2) is 36.4 Å². The standard InChI is InChI=1S/C21H21ClN4O2S2/c1-12(23-19(27)16-7-8-18(22)29-16)13-5-3-4-6-14(13)24-20(28)21-25-15-9-10-26(2)11-17(15)30-21/h3-8,12H,9-11H2,1-2H3,(H,23,27)(H,24,28). The van der Waals surface area contributed by atoms with E-state index in [2.05, 4.69) is 27.6 Å². The number of carbonyl (C=O) groups is 2. The molecule has 4 rings (SSSR count). The van der Waals surface area contributed by atoms with Gasteiger partial charge in [-0.2, -0.15) is 0 Å². The SMILES string of the molecule is CC(NC(=O)c1ccc(Cl)s1)c1ccccc1NC(=O)c1nc2c(s1)CN(C)CC2. The summed E-state index contributed by atoms with van der Waals surface area (Å²) in [5, 5.41) is 6.41. The lowest BCUT2D eigenvalue weighted by Gasteiger charge is -2.20. The molecule has 0 spiro atoms. The van der Waals surface area contributed by atoms with Crippen LogP contribution in [0.4, 0.5) is 5.69 Å². The van der Waals surface area contributed by atoms with Crippen molar-refractivity contribution >= 4 is 51.8 Å². The largest absolute Gasteiger partial charge is 0.345 e. The maximum atomic E-state index is 12.9. The fourth-order valence-electron chi connectivity index (χ4n) is 3.37. The molecule has 3 heterocycles. The number of nitrogens with zero attached hydrogens (tertiary/aromatic N) is 2. The van der Waals surface area contributed by atoms with E-state index in [1.165, 1.54) is 22.7 Å². The van der Waals surface area contributed by atoms with Gasteiger partial charge in [-0.25, -0.2) is 4.98 Å². The Balaban J connectivity index is 1.49. The van der Waals surface area contributed by atoms with E-state index >= 15 is 0 Å². The van der Waals surface area contributed by atoms with Crippen LogP contribution in [0.1, 0.15) is 48.6 Å². The van der Waals surface area contributed by atoms with Gasteiger partial charge >= 0.3 is 0 Å². The molecule has 2 aromatic heterocycles. The van der Waals surface area contributed by atoms with Gasteiger partial charge in [-0.3, -0.25) is 9.59 Å². The number of hydrogen-bond acceptors (Lipinski definition) is 6. The molecule has 0 bridgehead atoms. The van der Waals surface area contributed by atoms with Crippen LogP contribution in [-0.4, -0.2) is 35.3 Å². The molecule has 1 aromatic carbocycles. The molecule has 0 fully saturated rings. The van der Waals surface area contributed by atoms with E-state index in [0.29, 0.717) is 19.9 Å². The molecule has 0 aliphatic carbocycles. The van der Waals surface area contributed by atoms with E-state index in [-0.39, 0.29) is 17.9 Å².